The molecule has 2 saturated carbocycles. The summed E-state index contributed by atoms with van der Waals surface area (Å²) in [6.45, 7) is 2.01. The summed E-state index contributed by atoms with van der Waals surface area (Å²) in [6.07, 6.45) is 11.7. The van der Waals surface area contributed by atoms with Crippen molar-refractivity contribution in [2.45, 2.75) is 83.0 Å². The van der Waals surface area contributed by atoms with Gasteiger partial charge in [0, 0.05) is 16.7 Å². The average Bonchev–Trinajstić information content (AvgIpc) is 2.87. The van der Waals surface area contributed by atoms with E-state index in [1.807, 2.05) is 49.4 Å². The third-order valence-electron chi connectivity index (χ3n) is 8.15. The third kappa shape index (κ3) is 4.17. The molecule has 3 aromatic carbocycles. The fourth-order valence-electron chi connectivity index (χ4n) is 6.33. The van der Waals surface area contributed by atoms with Crippen LogP contribution >= 0.6 is 0 Å². The van der Waals surface area contributed by atoms with E-state index in [0.29, 0.717) is 28.7 Å². The minimum Gasteiger partial charge on any atom is -0.507 e. The lowest BCUT2D eigenvalue weighted by Crippen LogP contribution is -2.06. The van der Waals surface area contributed by atoms with E-state index in [1.165, 1.54) is 38.5 Å². The van der Waals surface area contributed by atoms with Crippen molar-refractivity contribution in [3.05, 3.63) is 65.2 Å². The van der Waals surface area contributed by atoms with Gasteiger partial charge in [-0.25, -0.2) is 0 Å². The van der Waals surface area contributed by atoms with E-state index >= 15 is 0 Å². The number of phenolic OH excluding ortho intramolecular Hbond substituents is 3. The molecule has 0 unspecified atom stereocenters. The molecule has 0 atom stereocenters. The van der Waals surface area contributed by atoms with Gasteiger partial charge < -0.3 is 15.3 Å². The van der Waals surface area contributed by atoms with Crippen LogP contribution in [-0.4, -0.2) is 15.3 Å². The van der Waals surface area contributed by atoms with Gasteiger partial charge in [0.2, 0.25) is 0 Å². The Morgan fingerprint density at radius 1 is 0.559 bits per heavy atom. The maximum Gasteiger partial charge on any atom is 0.127 e. The van der Waals surface area contributed by atoms with Gasteiger partial charge in [-0.1, -0.05) is 81.0 Å². The smallest absolute Gasteiger partial charge is 0.127 e. The number of aromatic hydroxyl groups is 3. The van der Waals surface area contributed by atoms with Crippen molar-refractivity contribution in [1.29, 1.82) is 0 Å². The fourth-order valence-corrected chi connectivity index (χ4v) is 6.33. The molecule has 2 fully saturated rings. The van der Waals surface area contributed by atoms with Crippen LogP contribution in [0.1, 0.15) is 92.7 Å². The Hall–Kier alpha value is -2.94. The van der Waals surface area contributed by atoms with E-state index in [1.54, 1.807) is 6.07 Å². The molecule has 2 aliphatic carbocycles. The molecule has 0 radical (unpaired) electrons. The Balaban J connectivity index is 1.66. The molecule has 5 rings (SSSR count). The Morgan fingerprint density at radius 2 is 1.03 bits per heavy atom. The van der Waals surface area contributed by atoms with Crippen molar-refractivity contribution in [3.8, 4) is 39.5 Å². The predicted molar refractivity (Wildman–Crippen MR) is 139 cm³/mol. The van der Waals surface area contributed by atoms with Gasteiger partial charge in [-0.2, -0.15) is 0 Å². The SMILES string of the molecule is Cc1ccc(O)c(-c2cccc(C3CCCCC3)c2O)c1-c1cccc(C2CCCCC2)c1O. The lowest BCUT2D eigenvalue weighted by Gasteiger charge is -2.26. The molecule has 0 aliphatic heterocycles. The van der Waals surface area contributed by atoms with Crippen LogP contribution in [0.2, 0.25) is 0 Å². The Kier molecular flexibility index (Phi) is 6.54. The first kappa shape index (κ1) is 22.8. The maximum absolute atomic E-state index is 11.5. The van der Waals surface area contributed by atoms with E-state index < -0.39 is 0 Å². The van der Waals surface area contributed by atoms with Gasteiger partial charge in [-0.15, -0.1) is 0 Å². The fraction of sp³-hybridized carbons (Fsp3) is 0.419. The number of hydrogen-bond acceptors (Lipinski definition) is 3. The predicted octanol–water partition coefficient (Wildman–Crippen LogP) is 8.54. The highest BCUT2D eigenvalue weighted by Gasteiger charge is 2.26. The molecule has 0 spiro atoms. The molecule has 3 heteroatoms. The molecule has 3 N–H and O–H groups in total. The second kappa shape index (κ2) is 9.74. The first-order valence-electron chi connectivity index (χ1n) is 13.0. The molecule has 0 bridgehead atoms. The van der Waals surface area contributed by atoms with Crippen LogP contribution in [0.15, 0.2) is 48.5 Å². The monoisotopic (exact) mass is 456 g/mol. The molecule has 0 heterocycles. The van der Waals surface area contributed by atoms with Crippen molar-refractivity contribution < 1.29 is 15.3 Å². The summed E-state index contributed by atoms with van der Waals surface area (Å²) in [5.74, 6) is 1.43. The molecule has 3 nitrogen and oxygen atoms in total. The molecule has 3 aromatic rings. The quantitative estimate of drug-likeness (QED) is 0.368. The summed E-state index contributed by atoms with van der Waals surface area (Å²) in [7, 11) is 0. The number of aryl methyl sites for hydroxylation is 1. The van der Waals surface area contributed by atoms with Crippen molar-refractivity contribution in [3.63, 3.8) is 0 Å². The number of hydrogen-bond donors (Lipinski definition) is 3. The molecular formula is C31H36O3. The molecule has 0 amide bonds. The van der Waals surface area contributed by atoms with Crippen LogP contribution < -0.4 is 0 Å². The third-order valence-corrected chi connectivity index (χ3v) is 8.15. The van der Waals surface area contributed by atoms with Crippen LogP contribution in [0.3, 0.4) is 0 Å². The Labute approximate surface area is 203 Å². The normalized spacial score (nSPS) is 17.7. The van der Waals surface area contributed by atoms with Gasteiger partial charge in [0.1, 0.15) is 17.2 Å². The lowest BCUT2D eigenvalue weighted by atomic mass is 9.80. The van der Waals surface area contributed by atoms with Gasteiger partial charge in [-0.05, 0) is 72.8 Å². The second-order valence-electron chi connectivity index (χ2n) is 10.3. The minimum atomic E-state index is 0.124. The van der Waals surface area contributed by atoms with Crippen LogP contribution in [-0.2, 0) is 0 Å². The first-order chi connectivity index (χ1) is 16.6. The van der Waals surface area contributed by atoms with Crippen LogP contribution in [0.5, 0.6) is 17.2 Å². The highest BCUT2D eigenvalue weighted by atomic mass is 16.3. The van der Waals surface area contributed by atoms with Crippen LogP contribution in [0, 0.1) is 6.92 Å². The highest BCUT2D eigenvalue weighted by Crippen LogP contribution is 2.50. The summed E-state index contributed by atoms with van der Waals surface area (Å²) in [5.41, 5.74) is 5.72. The van der Waals surface area contributed by atoms with E-state index in [0.717, 1.165) is 53.5 Å². The zero-order valence-corrected chi connectivity index (χ0v) is 20.2. The zero-order chi connectivity index (χ0) is 23.7. The Bertz CT molecular complexity index is 1080. The molecule has 34 heavy (non-hydrogen) atoms. The number of rotatable bonds is 4. The Morgan fingerprint density at radius 3 is 1.53 bits per heavy atom. The number of para-hydroxylation sites is 2. The van der Waals surface area contributed by atoms with E-state index in [-0.39, 0.29) is 11.5 Å². The van der Waals surface area contributed by atoms with Crippen molar-refractivity contribution in [2.75, 3.05) is 0 Å². The van der Waals surface area contributed by atoms with Crippen LogP contribution in [0.4, 0.5) is 0 Å². The molecule has 0 saturated heterocycles. The summed E-state index contributed by atoms with van der Waals surface area (Å²) in [5, 5.41) is 34.0. The van der Waals surface area contributed by atoms with Gasteiger partial charge in [0.15, 0.2) is 0 Å². The number of phenols is 3. The average molecular weight is 457 g/mol. The first-order valence-corrected chi connectivity index (χ1v) is 13.0. The zero-order valence-electron chi connectivity index (χ0n) is 20.2. The summed E-state index contributed by atoms with van der Waals surface area (Å²) >= 11 is 0. The van der Waals surface area contributed by atoms with E-state index in [2.05, 4.69) is 0 Å². The van der Waals surface area contributed by atoms with Gasteiger partial charge >= 0.3 is 0 Å². The number of benzene rings is 3. The van der Waals surface area contributed by atoms with Crippen molar-refractivity contribution in [1.82, 2.24) is 0 Å². The standard InChI is InChI=1S/C31H36O3/c1-20-18-19-27(32)29(26-17-9-15-24(31(26)34)22-12-6-3-7-13-22)28(20)25-16-8-14-23(30(25)33)21-10-4-2-5-11-21/h8-9,14-19,21-22,32-34H,2-7,10-13H2,1H3. The van der Waals surface area contributed by atoms with E-state index in [9.17, 15) is 15.3 Å². The van der Waals surface area contributed by atoms with Gasteiger partial charge in [-0.3, -0.25) is 0 Å². The summed E-state index contributed by atoms with van der Waals surface area (Å²) < 4.78 is 0. The van der Waals surface area contributed by atoms with E-state index in [4.69, 9.17) is 0 Å². The van der Waals surface area contributed by atoms with Crippen molar-refractivity contribution >= 4 is 0 Å². The maximum atomic E-state index is 11.5. The van der Waals surface area contributed by atoms with Gasteiger partial charge in [0.25, 0.3) is 0 Å². The second-order valence-corrected chi connectivity index (χ2v) is 10.3. The van der Waals surface area contributed by atoms with Crippen molar-refractivity contribution in [2.24, 2.45) is 0 Å². The topological polar surface area (TPSA) is 60.7 Å². The molecule has 2 aliphatic rings. The summed E-state index contributed by atoms with van der Waals surface area (Å²) in [4.78, 5) is 0. The largest absolute Gasteiger partial charge is 0.507 e. The lowest BCUT2D eigenvalue weighted by molar-refractivity contribution is 0.414. The summed E-state index contributed by atoms with van der Waals surface area (Å²) in [6, 6.07) is 15.5. The molecule has 0 aromatic heterocycles. The van der Waals surface area contributed by atoms with Gasteiger partial charge in [0.05, 0.1) is 0 Å². The van der Waals surface area contributed by atoms with Crippen LogP contribution in [0.25, 0.3) is 22.3 Å². The molecular weight excluding hydrogens is 420 g/mol. The minimum absolute atomic E-state index is 0.124. The molecule has 178 valence electrons. The highest BCUT2D eigenvalue weighted by molar-refractivity contribution is 5.94.